The van der Waals surface area contributed by atoms with Gasteiger partial charge in [-0.3, -0.25) is 14.8 Å². The first kappa shape index (κ1) is 16.5. The van der Waals surface area contributed by atoms with Gasteiger partial charge in [0.2, 0.25) is 0 Å². The van der Waals surface area contributed by atoms with Crippen LogP contribution in [-0.2, 0) is 0 Å². The van der Waals surface area contributed by atoms with E-state index in [9.17, 15) is 4.79 Å². The molecule has 5 aromatic rings. The second-order valence-corrected chi connectivity index (χ2v) is 7.05. The van der Waals surface area contributed by atoms with Gasteiger partial charge in [-0.25, -0.2) is 9.97 Å². The van der Waals surface area contributed by atoms with Crippen molar-refractivity contribution in [3.05, 3.63) is 60.4 Å². The van der Waals surface area contributed by atoms with Crippen molar-refractivity contribution in [2.45, 2.75) is 19.9 Å². The summed E-state index contributed by atoms with van der Waals surface area (Å²) in [6.45, 7) is 3.87. The number of hydrogen-bond acceptors (Lipinski definition) is 5. The average Bonchev–Trinajstić information content (AvgIpc) is 2.72. The maximum absolute atomic E-state index is 12.4. The Balaban J connectivity index is 1.85. The molecular formula is C22H17N5O. The first-order chi connectivity index (χ1) is 13.6. The number of aromatic nitrogens is 4. The first-order valence-corrected chi connectivity index (χ1v) is 9.15. The molecule has 3 aromatic heterocycles. The molecule has 1 N–H and O–H groups in total. The van der Waals surface area contributed by atoms with Crippen molar-refractivity contribution < 1.29 is 4.79 Å². The van der Waals surface area contributed by atoms with Crippen molar-refractivity contribution in [1.82, 2.24) is 25.3 Å². The van der Waals surface area contributed by atoms with Crippen LogP contribution in [0.3, 0.4) is 0 Å². The molecule has 3 heterocycles. The highest BCUT2D eigenvalue weighted by Gasteiger charge is 2.15. The molecule has 0 saturated carbocycles. The molecule has 0 bridgehead atoms. The van der Waals surface area contributed by atoms with Crippen LogP contribution in [0.4, 0.5) is 0 Å². The number of carbonyl (C=O) groups is 1. The van der Waals surface area contributed by atoms with Crippen LogP contribution in [0, 0.1) is 0 Å². The van der Waals surface area contributed by atoms with E-state index in [-0.39, 0.29) is 11.9 Å². The summed E-state index contributed by atoms with van der Waals surface area (Å²) in [7, 11) is 0. The van der Waals surface area contributed by atoms with Crippen LogP contribution in [0.15, 0.2) is 54.9 Å². The zero-order valence-corrected chi connectivity index (χ0v) is 15.5. The topological polar surface area (TPSA) is 80.7 Å². The van der Waals surface area contributed by atoms with Crippen molar-refractivity contribution in [2.75, 3.05) is 0 Å². The summed E-state index contributed by atoms with van der Waals surface area (Å²) >= 11 is 0. The molecule has 0 fully saturated rings. The van der Waals surface area contributed by atoms with E-state index in [1.807, 2.05) is 44.2 Å². The van der Waals surface area contributed by atoms with E-state index in [2.05, 4.69) is 15.3 Å². The molecular weight excluding hydrogens is 350 g/mol. The number of pyridine rings is 2. The Labute approximate surface area is 160 Å². The van der Waals surface area contributed by atoms with E-state index in [1.54, 1.807) is 24.5 Å². The van der Waals surface area contributed by atoms with Gasteiger partial charge >= 0.3 is 0 Å². The lowest BCUT2D eigenvalue weighted by Crippen LogP contribution is -2.30. The smallest absolute Gasteiger partial charge is 0.251 e. The molecule has 6 heteroatoms. The fraction of sp³-hybridized carbons (Fsp3) is 0.136. The molecule has 0 spiro atoms. The molecule has 0 aliphatic rings. The number of fused-ring (bicyclic) bond motifs is 7. The highest BCUT2D eigenvalue weighted by Crippen LogP contribution is 2.31. The number of nitrogens with one attached hydrogen (secondary N) is 1. The number of nitrogens with zero attached hydrogens (tertiary/aromatic N) is 4. The van der Waals surface area contributed by atoms with Crippen molar-refractivity contribution in [2.24, 2.45) is 0 Å². The first-order valence-electron chi connectivity index (χ1n) is 9.15. The van der Waals surface area contributed by atoms with Crippen molar-refractivity contribution >= 4 is 49.8 Å². The Kier molecular flexibility index (Phi) is 3.65. The molecule has 28 heavy (non-hydrogen) atoms. The Hall–Kier alpha value is -3.67. The fourth-order valence-electron chi connectivity index (χ4n) is 3.49. The van der Waals surface area contributed by atoms with Crippen LogP contribution in [0.1, 0.15) is 24.2 Å². The highest BCUT2D eigenvalue weighted by molar-refractivity contribution is 6.21. The SMILES string of the molecule is CC(C)NC(=O)c1ccc2nc3c4ncccc4c4cccnc4c3nc2c1. The Morgan fingerprint density at radius 2 is 1.43 bits per heavy atom. The predicted molar refractivity (Wildman–Crippen MR) is 110 cm³/mol. The summed E-state index contributed by atoms with van der Waals surface area (Å²) in [5.41, 5.74) is 4.93. The van der Waals surface area contributed by atoms with Crippen LogP contribution >= 0.6 is 0 Å². The van der Waals surface area contributed by atoms with Crippen molar-refractivity contribution in [3.63, 3.8) is 0 Å². The number of hydrogen-bond donors (Lipinski definition) is 1. The van der Waals surface area contributed by atoms with Gasteiger partial charge in [0.05, 0.1) is 22.1 Å². The minimum Gasteiger partial charge on any atom is -0.350 e. The number of amides is 1. The average molecular weight is 367 g/mol. The lowest BCUT2D eigenvalue weighted by Gasteiger charge is -2.10. The van der Waals surface area contributed by atoms with Gasteiger partial charge in [-0.2, -0.15) is 0 Å². The van der Waals surface area contributed by atoms with E-state index < -0.39 is 0 Å². The minimum absolute atomic E-state index is 0.0662. The second kappa shape index (κ2) is 6.20. The molecule has 0 radical (unpaired) electrons. The third-order valence-electron chi connectivity index (χ3n) is 4.70. The third-order valence-corrected chi connectivity index (χ3v) is 4.70. The fourth-order valence-corrected chi connectivity index (χ4v) is 3.49. The largest absolute Gasteiger partial charge is 0.350 e. The number of benzene rings is 2. The second-order valence-electron chi connectivity index (χ2n) is 7.05. The van der Waals surface area contributed by atoms with E-state index in [1.165, 1.54) is 0 Å². The molecule has 0 atom stereocenters. The summed E-state index contributed by atoms with van der Waals surface area (Å²) in [6.07, 6.45) is 3.51. The molecule has 0 unspecified atom stereocenters. The van der Waals surface area contributed by atoms with Gasteiger partial charge < -0.3 is 5.32 Å². The molecule has 0 saturated heterocycles. The lowest BCUT2D eigenvalue weighted by molar-refractivity contribution is 0.0943. The molecule has 136 valence electrons. The van der Waals surface area contributed by atoms with Crippen molar-refractivity contribution in [1.29, 1.82) is 0 Å². The summed E-state index contributed by atoms with van der Waals surface area (Å²) in [6, 6.07) is 13.3. The minimum atomic E-state index is -0.123. The standard InChI is InChI=1S/C22H17N5O/c1-12(2)25-22(28)13-7-8-16-17(11-13)27-21-19-15(6-4-10-24-19)14-5-3-9-23-18(14)20(21)26-16/h3-12H,1-2H3,(H,25,28). The third kappa shape index (κ3) is 2.53. The maximum atomic E-state index is 12.4. The van der Waals surface area contributed by atoms with Crippen LogP contribution in [0.5, 0.6) is 0 Å². The van der Waals surface area contributed by atoms with E-state index in [4.69, 9.17) is 9.97 Å². The highest BCUT2D eigenvalue weighted by atomic mass is 16.1. The maximum Gasteiger partial charge on any atom is 0.251 e. The van der Waals surface area contributed by atoms with Gasteiger partial charge in [0, 0.05) is 34.8 Å². The molecule has 0 aliphatic carbocycles. The van der Waals surface area contributed by atoms with Gasteiger partial charge in [0.15, 0.2) is 0 Å². The zero-order chi connectivity index (χ0) is 19.3. The van der Waals surface area contributed by atoms with E-state index in [0.717, 1.165) is 27.3 Å². The van der Waals surface area contributed by atoms with Crippen LogP contribution < -0.4 is 5.32 Å². The number of carbonyl (C=O) groups excluding carboxylic acids is 1. The zero-order valence-electron chi connectivity index (χ0n) is 15.5. The normalized spacial score (nSPS) is 11.7. The van der Waals surface area contributed by atoms with E-state index in [0.29, 0.717) is 22.1 Å². The van der Waals surface area contributed by atoms with E-state index >= 15 is 0 Å². The van der Waals surface area contributed by atoms with Gasteiger partial charge in [0.25, 0.3) is 5.91 Å². The molecule has 6 nitrogen and oxygen atoms in total. The van der Waals surface area contributed by atoms with Gasteiger partial charge in [-0.05, 0) is 44.2 Å². The van der Waals surface area contributed by atoms with Crippen molar-refractivity contribution in [3.8, 4) is 0 Å². The molecule has 1 amide bonds. The van der Waals surface area contributed by atoms with Gasteiger partial charge in [-0.1, -0.05) is 12.1 Å². The molecule has 2 aromatic carbocycles. The summed E-state index contributed by atoms with van der Waals surface area (Å²) < 4.78 is 0. The number of rotatable bonds is 2. The quantitative estimate of drug-likeness (QED) is 0.376. The van der Waals surface area contributed by atoms with Crippen LogP contribution in [-0.4, -0.2) is 31.9 Å². The van der Waals surface area contributed by atoms with Crippen LogP contribution in [0.2, 0.25) is 0 Å². The summed E-state index contributed by atoms with van der Waals surface area (Å²) in [4.78, 5) is 31.1. The Morgan fingerprint density at radius 3 is 2.04 bits per heavy atom. The predicted octanol–water partition coefficient (Wildman–Crippen LogP) is 4.02. The van der Waals surface area contributed by atoms with Gasteiger partial charge in [-0.15, -0.1) is 0 Å². The Bertz CT molecular complexity index is 1390. The lowest BCUT2D eigenvalue weighted by atomic mass is 10.1. The summed E-state index contributed by atoms with van der Waals surface area (Å²) in [5.74, 6) is -0.123. The molecule has 0 aliphatic heterocycles. The summed E-state index contributed by atoms with van der Waals surface area (Å²) in [5, 5.41) is 4.89. The van der Waals surface area contributed by atoms with Crippen LogP contribution in [0.25, 0.3) is 43.9 Å². The van der Waals surface area contributed by atoms with Gasteiger partial charge in [0.1, 0.15) is 11.0 Å². The molecule has 5 rings (SSSR count). The Morgan fingerprint density at radius 1 is 0.821 bits per heavy atom. The monoisotopic (exact) mass is 367 g/mol.